The number of anilines is 1. The minimum Gasteiger partial charge on any atom is -0.495 e. The zero-order chi connectivity index (χ0) is 22.1. The lowest BCUT2D eigenvalue weighted by atomic mass is 10.0. The molecule has 5 nitrogen and oxygen atoms in total. The van der Waals surface area contributed by atoms with E-state index in [1.807, 2.05) is 25.1 Å². The number of pyridine rings is 1. The van der Waals surface area contributed by atoms with Crippen LogP contribution >= 0.6 is 23.2 Å². The van der Waals surface area contributed by atoms with Gasteiger partial charge in [0.05, 0.1) is 12.1 Å². The lowest BCUT2D eigenvalue weighted by molar-refractivity contribution is -0.112. The van der Waals surface area contributed by atoms with E-state index in [2.05, 4.69) is 5.32 Å². The van der Waals surface area contributed by atoms with E-state index in [9.17, 15) is 9.59 Å². The lowest BCUT2D eigenvalue weighted by Crippen LogP contribution is -2.24. The second-order valence-corrected chi connectivity index (χ2v) is 7.81. The number of amides is 1. The van der Waals surface area contributed by atoms with Crippen molar-refractivity contribution in [1.29, 1.82) is 0 Å². The molecule has 0 bridgehead atoms. The van der Waals surface area contributed by atoms with Crippen LogP contribution < -0.4 is 10.1 Å². The molecule has 2 aromatic heterocycles. The maximum absolute atomic E-state index is 13.3. The first-order valence-corrected chi connectivity index (χ1v) is 10.2. The topological polar surface area (TPSA) is 59.8 Å². The van der Waals surface area contributed by atoms with Gasteiger partial charge in [0.25, 0.3) is 11.7 Å². The molecule has 2 aromatic carbocycles. The molecule has 0 aliphatic carbocycles. The van der Waals surface area contributed by atoms with E-state index in [-0.39, 0.29) is 5.69 Å². The number of aromatic nitrogens is 1. The fourth-order valence-corrected chi connectivity index (χ4v) is 3.81. The SMILES string of the molecule is COc1ccc(-c2cc3ccccn3c2C(=O)C(=O)Nc2ccc(C)c(Cl)c2)cc1Cl. The first kappa shape index (κ1) is 21.0. The fourth-order valence-electron chi connectivity index (χ4n) is 3.38. The van der Waals surface area contributed by atoms with Crippen LogP contribution in [0.1, 0.15) is 16.1 Å². The van der Waals surface area contributed by atoms with E-state index in [1.54, 1.807) is 53.1 Å². The van der Waals surface area contributed by atoms with Crippen molar-refractivity contribution in [2.45, 2.75) is 6.92 Å². The molecule has 0 saturated heterocycles. The summed E-state index contributed by atoms with van der Waals surface area (Å²) in [6.45, 7) is 1.86. The van der Waals surface area contributed by atoms with Gasteiger partial charge in [-0.05, 0) is 60.5 Å². The van der Waals surface area contributed by atoms with Gasteiger partial charge in [-0.25, -0.2) is 0 Å². The molecule has 1 N–H and O–H groups in total. The number of hydrogen-bond donors (Lipinski definition) is 1. The van der Waals surface area contributed by atoms with Gasteiger partial charge in [-0.3, -0.25) is 9.59 Å². The normalized spacial score (nSPS) is 10.8. The van der Waals surface area contributed by atoms with Gasteiger partial charge >= 0.3 is 0 Å². The third kappa shape index (κ3) is 4.02. The van der Waals surface area contributed by atoms with Gasteiger partial charge in [-0.2, -0.15) is 0 Å². The molecule has 1 amide bonds. The molecule has 0 saturated carbocycles. The number of aryl methyl sites for hydroxylation is 1. The Hall–Kier alpha value is -3.28. The number of rotatable bonds is 5. The molecule has 2 heterocycles. The van der Waals surface area contributed by atoms with Crippen LogP contribution in [0.5, 0.6) is 5.75 Å². The highest BCUT2D eigenvalue weighted by Gasteiger charge is 2.25. The van der Waals surface area contributed by atoms with Crippen molar-refractivity contribution in [1.82, 2.24) is 4.40 Å². The van der Waals surface area contributed by atoms with Gasteiger partial charge in [-0.1, -0.05) is 41.4 Å². The maximum Gasteiger partial charge on any atom is 0.298 e. The Labute approximate surface area is 189 Å². The monoisotopic (exact) mass is 452 g/mol. The molecule has 0 aliphatic heterocycles. The third-order valence-corrected chi connectivity index (χ3v) is 5.70. The number of nitrogens with one attached hydrogen (secondary N) is 1. The quantitative estimate of drug-likeness (QED) is 0.296. The van der Waals surface area contributed by atoms with E-state index in [1.165, 1.54) is 7.11 Å². The van der Waals surface area contributed by atoms with Crippen molar-refractivity contribution in [2.24, 2.45) is 0 Å². The highest BCUT2D eigenvalue weighted by atomic mass is 35.5. The van der Waals surface area contributed by atoms with Crippen molar-refractivity contribution in [3.05, 3.63) is 88.2 Å². The average molecular weight is 453 g/mol. The summed E-state index contributed by atoms with van der Waals surface area (Å²) >= 11 is 12.4. The largest absolute Gasteiger partial charge is 0.495 e. The van der Waals surface area contributed by atoms with Gasteiger partial charge < -0.3 is 14.5 Å². The third-order valence-electron chi connectivity index (χ3n) is 4.99. The number of halogens is 2. The molecule has 0 fully saturated rings. The summed E-state index contributed by atoms with van der Waals surface area (Å²) in [4.78, 5) is 26.1. The standard InChI is InChI=1S/C24H18Cl2N2O3/c1-14-6-8-16(12-19(14)25)27-24(30)23(29)22-18(13-17-5-3-4-10-28(17)22)15-7-9-21(31-2)20(26)11-15/h3-13H,1-2H3,(H,27,30). The number of ether oxygens (including phenoxy) is 1. The van der Waals surface area contributed by atoms with Crippen molar-refractivity contribution < 1.29 is 14.3 Å². The van der Waals surface area contributed by atoms with Crippen molar-refractivity contribution in [3.8, 4) is 16.9 Å². The Bertz CT molecular complexity index is 1330. The highest BCUT2D eigenvalue weighted by molar-refractivity contribution is 6.47. The van der Waals surface area contributed by atoms with Gasteiger partial charge in [0.15, 0.2) is 0 Å². The van der Waals surface area contributed by atoms with E-state index >= 15 is 0 Å². The van der Waals surface area contributed by atoms with E-state index < -0.39 is 11.7 Å². The predicted octanol–water partition coefficient (Wildman–Crippen LogP) is 6.05. The maximum atomic E-state index is 13.3. The number of nitrogens with zero attached hydrogens (tertiary/aromatic N) is 1. The molecule has 31 heavy (non-hydrogen) atoms. The molecule has 0 aliphatic rings. The summed E-state index contributed by atoms with van der Waals surface area (Å²) in [7, 11) is 1.53. The fraction of sp³-hybridized carbons (Fsp3) is 0.0833. The molecular formula is C24H18Cl2N2O3. The predicted molar refractivity (Wildman–Crippen MR) is 124 cm³/mol. The van der Waals surface area contributed by atoms with Gasteiger partial charge in [0.1, 0.15) is 11.4 Å². The highest BCUT2D eigenvalue weighted by Crippen LogP contribution is 2.34. The van der Waals surface area contributed by atoms with E-state index in [0.717, 1.165) is 11.1 Å². The zero-order valence-corrected chi connectivity index (χ0v) is 18.3. The van der Waals surface area contributed by atoms with Crippen LogP contribution in [-0.2, 0) is 4.79 Å². The number of fused-ring (bicyclic) bond motifs is 1. The minimum atomic E-state index is -0.760. The molecule has 7 heteroatoms. The molecule has 4 rings (SSSR count). The van der Waals surface area contributed by atoms with Crippen LogP contribution in [0.2, 0.25) is 10.0 Å². The van der Waals surface area contributed by atoms with Crippen molar-refractivity contribution >= 4 is 46.1 Å². The zero-order valence-electron chi connectivity index (χ0n) is 16.8. The Morgan fingerprint density at radius 2 is 1.77 bits per heavy atom. The van der Waals surface area contributed by atoms with Crippen LogP contribution in [0.3, 0.4) is 0 Å². The molecule has 4 aromatic rings. The number of methoxy groups -OCH3 is 1. The Balaban J connectivity index is 1.77. The number of carbonyl (C=O) groups excluding carboxylic acids is 2. The minimum absolute atomic E-state index is 0.243. The second kappa shape index (κ2) is 8.46. The van der Waals surface area contributed by atoms with Crippen LogP contribution in [0.25, 0.3) is 16.6 Å². The van der Waals surface area contributed by atoms with Gasteiger partial charge in [0.2, 0.25) is 0 Å². The van der Waals surface area contributed by atoms with Crippen molar-refractivity contribution in [2.75, 3.05) is 12.4 Å². The number of benzene rings is 2. The number of hydrogen-bond acceptors (Lipinski definition) is 3. The summed E-state index contributed by atoms with van der Waals surface area (Å²) in [5.74, 6) is -0.912. The second-order valence-electron chi connectivity index (χ2n) is 7.00. The summed E-state index contributed by atoms with van der Waals surface area (Å²) in [6.07, 6.45) is 1.74. The van der Waals surface area contributed by atoms with E-state index in [4.69, 9.17) is 27.9 Å². The molecule has 0 radical (unpaired) electrons. The first-order chi connectivity index (χ1) is 14.9. The number of carbonyl (C=O) groups is 2. The Morgan fingerprint density at radius 3 is 2.48 bits per heavy atom. The van der Waals surface area contributed by atoms with Crippen LogP contribution in [0, 0.1) is 6.92 Å². The molecule has 0 spiro atoms. The van der Waals surface area contributed by atoms with Gasteiger partial charge in [0, 0.05) is 28.0 Å². The lowest BCUT2D eigenvalue weighted by Gasteiger charge is -2.10. The summed E-state index contributed by atoms with van der Waals surface area (Å²) in [5.41, 5.74) is 3.64. The molecule has 156 valence electrons. The number of ketones is 1. The molecule has 0 unspecified atom stereocenters. The first-order valence-electron chi connectivity index (χ1n) is 9.45. The summed E-state index contributed by atoms with van der Waals surface area (Å²) in [5, 5.41) is 3.55. The van der Waals surface area contributed by atoms with Crippen molar-refractivity contribution in [3.63, 3.8) is 0 Å². The summed E-state index contributed by atoms with van der Waals surface area (Å²) < 4.78 is 6.91. The van der Waals surface area contributed by atoms with Crippen LogP contribution in [0.15, 0.2) is 66.9 Å². The van der Waals surface area contributed by atoms with Crippen LogP contribution in [0.4, 0.5) is 5.69 Å². The average Bonchev–Trinajstić information content (AvgIpc) is 3.15. The molecule has 0 atom stereocenters. The Kier molecular flexibility index (Phi) is 5.72. The Morgan fingerprint density at radius 1 is 0.968 bits per heavy atom. The molecular weight excluding hydrogens is 435 g/mol. The van der Waals surface area contributed by atoms with E-state index in [0.29, 0.717) is 32.6 Å². The summed E-state index contributed by atoms with van der Waals surface area (Å²) in [6, 6.07) is 17.7. The number of Topliss-reactive ketones (excluding diaryl/α,β-unsaturated/α-hetero) is 1. The van der Waals surface area contributed by atoms with Gasteiger partial charge in [-0.15, -0.1) is 0 Å². The smallest absolute Gasteiger partial charge is 0.298 e. The van der Waals surface area contributed by atoms with Crippen LogP contribution in [-0.4, -0.2) is 23.2 Å².